The van der Waals surface area contributed by atoms with E-state index in [0.717, 1.165) is 0 Å². The predicted molar refractivity (Wildman–Crippen MR) is 47.5 cm³/mol. The van der Waals surface area contributed by atoms with Crippen molar-refractivity contribution in [1.29, 1.82) is 0 Å². The van der Waals surface area contributed by atoms with E-state index in [4.69, 9.17) is 16.7 Å². The fraction of sp³-hybridized carbons (Fsp3) is 0.222. The van der Waals surface area contributed by atoms with E-state index in [-0.39, 0.29) is 0 Å². The van der Waals surface area contributed by atoms with Gasteiger partial charge in [0.25, 0.3) is 5.92 Å². The van der Waals surface area contributed by atoms with Crippen LogP contribution < -0.4 is 0 Å². The summed E-state index contributed by atoms with van der Waals surface area (Å²) in [6, 6.07) is 1.05. The molecule has 0 aromatic heterocycles. The maximum Gasteiger partial charge on any atom is 0.309 e. The maximum absolute atomic E-state index is 13.2. The summed E-state index contributed by atoms with van der Waals surface area (Å²) >= 11 is 5.18. The van der Waals surface area contributed by atoms with Crippen molar-refractivity contribution in [3.8, 4) is 0 Å². The second-order valence-electron chi connectivity index (χ2n) is 2.99. The Kier molecular flexibility index (Phi) is 3.42. The third-order valence-corrected chi connectivity index (χ3v) is 2.15. The van der Waals surface area contributed by atoms with Crippen molar-refractivity contribution in [3.05, 3.63) is 34.4 Å². The van der Waals surface area contributed by atoms with Gasteiger partial charge in [-0.3, -0.25) is 4.79 Å². The van der Waals surface area contributed by atoms with Crippen molar-refractivity contribution in [2.75, 3.05) is 0 Å². The number of aliphatic carboxylic acids is 1. The van der Waals surface area contributed by atoms with Crippen molar-refractivity contribution in [2.45, 2.75) is 12.3 Å². The van der Waals surface area contributed by atoms with Crippen molar-refractivity contribution in [2.24, 2.45) is 0 Å². The van der Waals surface area contributed by atoms with Crippen LogP contribution in [-0.4, -0.2) is 11.1 Å². The van der Waals surface area contributed by atoms with Crippen LogP contribution in [-0.2, 0) is 10.7 Å². The Morgan fingerprint density at radius 1 is 1.31 bits per heavy atom. The summed E-state index contributed by atoms with van der Waals surface area (Å²) in [5.41, 5.74) is -1.43. The summed E-state index contributed by atoms with van der Waals surface area (Å²) < 4.78 is 52.4. The van der Waals surface area contributed by atoms with Gasteiger partial charge in [-0.1, -0.05) is 11.6 Å². The maximum atomic E-state index is 13.2. The average molecular weight is 257 g/mol. The van der Waals surface area contributed by atoms with Gasteiger partial charge in [-0.2, -0.15) is 0 Å². The lowest BCUT2D eigenvalue weighted by atomic mass is 10.0. The molecule has 0 spiro atoms. The lowest BCUT2D eigenvalue weighted by Crippen LogP contribution is -2.21. The van der Waals surface area contributed by atoms with Crippen LogP contribution in [0.3, 0.4) is 0 Å². The van der Waals surface area contributed by atoms with Crippen LogP contribution in [0.5, 0.6) is 0 Å². The first-order chi connectivity index (χ1) is 7.25. The van der Waals surface area contributed by atoms with Crippen LogP contribution in [0.4, 0.5) is 17.6 Å². The Hall–Kier alpha value is -1.30. The third-order valence-electron chi connectivity index (χ3n) is 1.78. The van der Waals surface area contributed by atoms with Crippen molar-refractivity contribution in [3.63, 3.8) is 0 Å². The summed E-state index contributed by atoms with van der Waals surface area (Å²) in [6.45, 7) is 0. The predicted octanol–water partition coefficient (Wildman–Crippen LogP) is 3.18. The summed E-state index contributed by atoms with van der Waals surface area (Å²) in [6.07, 6.45) is -1.66. The Morgan fingerprint density at radius 3 is 2.31 bits per heavy atom. The SMILES string of the molecule is O=C(O)CC(F)(F)c1c(F)ccc(F)c1Cl. The minimum atomic E-state index is -4.06. The van der Waals surface area contributed by atoms with Gasteiger partial charge in [0.05, 0.1) is 10.6 Å². The molecule has 0 saturated heterocycles. The number of halogens is 5. The summed E-state index contributed by atoms with van der Waals surface area (Å²) in [5, 5.41) is 7.12. The molecular weight excluding hydrogens is 252 g/mol. The number of carboxylic acid groups (broad SMARTS) is 1. The molecule has 0 amide bonds. The number of carboxylic acids is 1. The zero-order valence-electron chi connectivity index (χ0n) is 7.61. The van der Waals surface area contributed by atoms with Gasteiger partial charge in [-0.15, -0.1) is 0 Å². The van der Waals surface area contributed by atoms with Gasteiger partial charge >= 0.3 is 5.97 Å². The Bertz CT molecular complexity index is 434. The number of hydrogen-bond acceptors (Lipinski definition) is 1. The number of carbonyl (C=O) groups is 1. The van der Waals surface area contributed by atoms with Gasteiger partial charge in [0.1, 0.15) is 18.1 Å². The molecule has 0 fully saturated rings. The highest BCUT2D eigenvalue weighted by Gasteiger charge is 2.40. The highest BCUT2D eigenvalue weighted by molar-refractivity contribution is 6.31. The molecule has 0 unspecified atom stereocenters. The smallest absolute Gasteiger partial charge is 0.309 e. The molecule has 16 heavy (non-hydrogen) atoms. The topological polar surface area (TPSA) is 37.3 Å². The lowest BCUT2D eigenvalue weighted by molar-refractivity contribution is -0.145. The van der Waals surface area contributed by atoms with Crippen LogP contribution >= 0.6 is 11.6 Å². The van der Waals surface area contributed by atoms with Gasteiger partial charge in [0.2, 0.25) is 0 Å². The number of alkyl halides is 2. The monoisotopic (exact) mass is 256 g/mol. The fourth-order valence-corrected chi connectivity index (χ4v) is 1.43. The first-order valence-corrected chi connectivity index (χ1v) is 4.37. The van der Waals surface area contributed by atoms with Crippen molar-refractivity contribution >= 4 is 17.6 Å². The summed E-state index contributed by atoms with van der Waals surface area (Å²) in [7, 11) is 0. The van der Waals surface area contributed by atoms with Crippen molar-refractivity contribution in [1.82, 2.24) is 0 Å². The van der Waals surface area contributed by atoms with E-state index in [1.54, 1.807) is 0 Å². The summed E-state index contributed by atoms with van der Waals surface area (Å²) in [4.78, 5) is 10.2. The van der Waals surface area contributed by atoms with E-state index in [9.17, 15) is 22.4 Å². The molecule has 0 radical (unpaired) electrons. The first-order valence-electron chi connectivity index (χ1n) is 3.99. The van der Waals surface area contributed by atoms with E-state index >= 15 is 0 Å². The molecule has 1 rings (SSSR count). The van der Waals surface area contributed by atoms with Crippen LogP contribution in [0.2, 0.25) is 5.02 Å². The van der Waals surface area contributed by atoms with Gasteiger partial charge in [0.15, 0.2) is 0 Å². The number of benzene rings is 1. The van der Waals surface area contributed by atoms with E-state index in [2.05, 4.69) is 0 Å². The molecule has 1 N–H and O–H groups in total. The Labute approximate surface area is 92.4 Å². The van der Waals surface area contributed by atoms with Crippen LogP contribution in [0, 0.1) is 11.6 Å². The fourth-order valence-electron chi connectivity index (χ4n) is 1.14. The molecule has 1 aromatic carbocycles. The molecular formula is C9H5ClF4O2. The zero-order valence-corrected chi connectivity index (χ0v) is 8.36. The second kappa shape index (κ2) is 4.29. The minimum Gasteiger partial charge on any atom is -0.481 e. The lowest BCUT2D eigenvalue weighted by Gasteiger charge is -2.16. The van der Waals surface area contributed by atoms with Gasteiger partial charge in [-0.05, 0) is 12.1 Å². The molecule has 88 valence electrons. The highest BCUT2D eigenvalue weighted by Crippen LogP contribution is 2.39. The van der Waals surface area contributed by atoms with Gasteiger partial charge in [0, 0.05) is 0 Å². The molecule has 0 atom stereocenters. The molecule has 7 heteroatoms. The molecule has 0 aliphatic carbocycles. The van der Waals surface area contributed by atoms with E-state index < -0.39 is 40.5 Å². The van der Waals surface area contributed by atoms with E-state index in [0.29, 0.717) is 12.1 Å². The number of rotatable bonds is 3. The normalized spacial score (nSPS) is 11.6. The largest absolute Gasteiger partial charge is 0.481 e. The molecule has 0 heterocycles. The third kappa shape index (κ3) is 2.44. The highest BCUT2D eigenvalue weighted by atomic mass is 35.5. The summed E-state index contributed by atoms with van der Waals surface area (Å²) in [5.74, 6) is -8.58. The van der Waals surface area contributed by atoms with E-state index in [1.807, 2.05) is 0 Å². The van der Waals surface area contributed by atoms with Crippen LogP contribution in [0.25, 0.3) is 0 Å². The molecule has 0 aliphatic heterocycles. The minimum absolute atomic E-state index is 0.465. The standard InChI is InChI=1S/C9H5ClF4O2/c10-8-5(12)2-1-4(11)7(8)9(13,14)3-6(15)16/h1-2H,3H2,(H,15,16). The Balaban J connectivity index is 3.31. The van der Waals surface area contributed by atoms with Crippen molar-refractivity contribution < 1.29 is 27.5 Å². The van der Waals surface area contributed by atoms with Gasteiger partial charge < -0.3 is 5.11 Å². The van der Waals surface area contributed by atoms with Gasteiger partial charge in [-0.25, -0.2) is 17.6 Å². The van der Waals surface area contributed by atoms with E-state index in [1.165, 1.54) is 0 Å². The quantitative estimate of drug-likeness (QED) is 0.666. The molecule has 0 saturated carbocycles. The molecule has 0 aliphatic rings. The Morgan fingerprint density at radius 2 is 1.81 bits per heavy atom. The molecule has 0 bridgehead atoms. The molecule has 1 aromatic rings. The molecule has 2 nitrogen and oxygen atoms in total. The average Bonchev–Trinajstić information content (AvgIpc) is 2.09. The first kappa shape index (κ1) is 12.8. The zero-order chi connectivity index (χ0) is 12.5. The number of hydrogen-bond donors (Lipinski definition) is 1. The van der Waals surface area contributed by atoms with Crippen LogP contribution in [0.15, 0.2) is 12.1 Å². The second-order valence-corrected chi connectivity index (χ2v) is 3.37. The van der Waals surface area contributed by atoms with Crippen LogP contribution in [0.1, 0.15) is 12.0 Å².